The molecule has 0 aliphatic rings. The van der Waals surface area contributed by atoms with Crippen LogP contribution in [0.2, 0.25) is 0 Å². The minimum absolute atomic E-state index is 0.785. The van der Waals surface area contributed by atoms with Gasteiger partial charge >= 0.3 is 0 Å². The van der Waals surface area contributed by atoms with Crippen LogP contribution in [0.4, 0.5) is 0 Å². The van der Waals surface area contributed by atoms with E-state index in [9.17, 15) is 0 Å². The van der Waals surface area contributed by atoms with Gasteiger partial charge in [-0.3, -0.25) is 0 Å². The second kappa shape index (κ2) is 2.02. The van der Waals surface area contributed by atoms with Crippen molar-refractivity contribution >= 4 is 23.6 Å². The van der Waals surface area contributed by atoms with E-state index in [1.165, 1.54) is 0 Å². The van der Waals surface area contributed by atoms with Crippen LogP contribution >= 0.6 is 12.6 Å². The highest BCUT2D eigenvalue weighted by molar-refractivity contribution is 7.80. The Morgan fingerprint density at radius 3 is 3.20 bits per heavy atom. The third-order valence-electron chi connectivity index (χ3n) is 1.34. The highest BCUT2D eigenvalue weighted by atomic mass is 32.1. The Morgan fingerprint density at radius 2 is 2.30 bits per heavy atom. The van der Waals surface area contributed by atoms with Crippen molar-refractivity contribution in [3.05, 3.63) is 24.4 Å². The van der Waals surface area contributed by atoms with Crippen molar-refractivity contribution < 1.29 is 4.52 Å². The normalized spacial score (nSPS) is 10.5. The predicted molar refractivity (Wildman–Crippen MR) is 41.3 cm³/mol. The van der Waals surface area contributed by atoms with Gasteiger partial charge in [0.15, 0.2) is 5.58 Å². The van der Waals surface area contributed by atoms with Gasteiger partial charge in [0.1, 0.15) is 0 Å². The third kappa shape index (κ3) is 0.789. The first-order chi connectivity index (χ1) is 4.86. The number of hydrogen-bond donors (Lipinski definition) is 1. The third-order valence-corrected chi connectivity index (χ3v) is 1.62. The molecule has 0 N–H and O–H groups in total. The summed E-state index contributed by atoms with van der Waals surface area (Å²) >= 11 is 4.15. The Kier molecular flexibility index (Phi) is 1.17. The van der Waals surface area contributed by atoms with Crippen LogP contribution < -0.4 is 0 Å². The number of thiol groups is 1. The minimum Gasteiger partial charge on any atom is -0.356 e. The molecular weight excluding hydrogens is 146 g/mol. The molecule has 1 aromatic heterocycles. The second-order valence-corrected chi connectivity index (χ2v) is 2.56. The second-order valence-electron chi connectivity index (χ2n) is 2.05. The van der Waals surface area contributed by atoms with E-state index in [1.807, 2.05) is 18.2 Å². The number of rotatable bonds is 0. The van der Waals surface area contributed by atoms with Crippen LogP contribution in [0.15, 0.2) is 33.8 Å². The fraction of sp³-hybridized carbons (Fsp3) is 0. The average Bonchev–Trinajstić information content (AvgIpc) is 2.33. The fourth-order valence-electron chi connectivity index (χ4n) is 0.849. The van der Waals surface area contributed by atoms with Gasteiger partial charge in [0.2, 0.25) is 0 Å². The fourth-order valence-corrected chi connectivity index (χ4v) is 1.04. The number of fused-ring (bicyclic) bond motifs is 1. The molecule has 0 aliphatic carbocycles. The molecule has 0 bridgehead atoms. The molecule has 0 saturated carbocycles. The zero-order chi connectivity index (χ0) is 6.97. The molecule has 0 radical (unpaired) electrons. The van der Waals surface area contributed by atoms with E-state index in [2.05, 4.69) is 17.8 Å². The van der Waals surface area contributed by atoms with Gasteiger partial charge in [0, 0.05) is 10.3 Å². The van der Waals surface area contributed by atoms with Crippen molar-refractivity contribution in [2.45, 2.75) is 4.90 Å². The van der Waals surface area contributed by atoms with Crippen molar-refractivity contribution in [3.63, 3.8) is 0 Å². The molecule has 0 fully saturated rings. The minimum atomic E-state index is 0.785. The lowest BCUT2D eigenvalue weighted by Crippen LogP contribution is -1.63. The lowest BCUT2D eigenvalue weighted by Gasteiger charge is -1.86. The molecule has 0 spiro atoms. The smallest absolute Gasteiger partial charge is 0.167 e. The Hall–Kier alpha value is -0.960. The maximum atomic E-state index is 4.90. The van der Waals surface area contributed by atoms with E-state index in [-0.39, 0.29) is 0 Å². The van der Waals surface area contributed by atoms with E-state index in [4.69, 9.17) is 4.52 Å². The topological polar surface area (TPSA) is 26.0 Å². The molecule has 1 heterocycles. The Balaban J connectivity index is 2.86. The standard InChI is InChI=1S/C7H5NOS/c10-6-2-1-5-4-8-9-7(5)3-6/h1-4,10H. The van der Waals surface area contributed by atoms with Gasteiger partial charge in [-0.2, -0.15) is 0 Å². The van der Waals surface area contributed by atoms with Crippen LogP contribution in [0, 0.1) is 0 Å². The predicted octanol–water partition coefficient (Wildman–Crippen LogP) is 2.12. The zero-order valence-corrected chi connectivity index (χ0v) is 6.01. The van der Waals surface area contributed by atoms with E-state index < -0.39 is 0 Å². The highest BCUT2D eigenvalue weighted by Crippen LogP contribution is 2.16. The Bertz CT molecular complexity index is 355. The van der Waals surface area contributed by atoms with Gasteiger partial charge in [-0.1, -0.05) is 5.16 Å². The number of benzene rings is 1. The zero-order valence-electron chi connectivity index (χ0n) is 5.11. The molecule has 0 saturated heterocycles. The van der Waals surface area contributed by atoms with Crippen LogP contribution in [0.5, 0.6) is 0 Å². The number of hydrogen-bond acceptors (Lipinski definition) is 3. The largest absolute Gasteiger partial charge is 0.356 e. The molecule has 3 heteroatoms. The molecule has 0 amide bonds. The average molecular weight is 151 g/mol. The molecule has 2 nitrogen and oxygen atoms in total. The van der Waals surface area contributed by atoms with Crippen molar-refractivity contribution in [2.24, 2.45) is 0 Å². The molecule has 0 aliphatic heterocycles. The van der Waals surface area contributed by atoms with Crippen molar-refractivity contribution in [1.29, 1.82) is 0 Å². The van der Waals surface area contributed by atoms with Gasteiger partial charge < -0.3 is 4.52 Å². The molecule has 10 heavy (non-hydrogen) atoms. The van der Waals surface area contributed by atoms with Crippen molar-refractivity contribution in [3.8, 4) is 0 Å². The highest BCUT2D eigenvalue weighted by Gasteiger charge is 1.95. The first-order valence-electron chi connectivity index (χ1n) is 2.90. The van der Waals surface area contributed by atoms with Gasteiger partial charge in [-0.25, -0.2) is 0 Å². The summed E-state index contributed by atoms with van der Waals surface area (Å²) in [6.07, 6.45) is 1.68. The summed E-state index contributed by atoms with van der Waals surface area (Å²) < 4.78 is 4.90. The monoisotopic (exact) mass is 151 g/mol. The summed E-state index contributed by atoms with van der Waals surface area (Å²) in [5.74, 6) is 0. The molecule has 50 valence electrons. The summed E-state index contributed by atoms with van der Waals surface area (Å²) in [5, 5.41) is 4.65. The molecular formula is C7H5NOS. The molecule has 1 aromatic carbocycles. The first kappa shape index (κ1) is 5.80. The summed E-state index contributed by atoms with van der Waals surface area (Å²) in [4.78, 5) is 0.893. The van der Waals surface area contributed by atoms with Crippen LogP contribution in [-0.4, -0.2) is 5.16 Å². The SMILES string of the molecule is Sc1ccc2cnoc2c1. The quantitative estimate of drug-likeness (QED) is 0.583. The van der Waals surface area contributed by atoms with Crippen LogP contribution in [-0.2, 0) is 0 Å². The van der Waals surface area contributed by atoms with Crippen molar-refractivity contribution in [1.82, 2.24) is 5.16 Å². The van der Waals surface area contributed by atoms with Gasteiger partial charge in [0.05, 0.1) is 6.20 Å². The van der Waals surface area contributed by atoms with Crippen LogP contribution in [0.1, 0.15) is 0 Å². The van der Waals surface area contributed by atoms with E-state index in [0.717, 1.165) is 15.9 Å². The summed E-state index contributed by atoms with van der Waals surface area (Å²) in [6.45, 7) is 0. The lowest BCUT2D eigenvalue weighted by atomic mass is 10.3. The van der Waals surface area contributed by atoms with Crippen LogP contribution in [0.3, 0.4) is 0 Å². The maximum absolute atomic E-state index is 4.90. The summed E-state index contributed by atoms with van der Waals surface area (Å²) in [7, 11) is 0. The molecule has 0 atom stereocenters. The van der Waals surface area contributed by atoms with E-state index >= 15 is 0 Å². The van der Waals surface area contributed by atoms with Gasteiger partial charge in [-0.15, -0.1) is 12.6 Å². The summed E-state index contributed by atoms with van der Waals surface area (Å²) in [5.41, 5.74) is 0.785. The maximum Gasteiger partial charge on any atom is 0.167 e. The van der Waals surface area contributed by atoms with Gasteiger partial charge in [0.25, 0.3) is 0 Å². The lowest BCUT2D eigenvalue weighted by molar-refractivity contribution is 0.456. The molecule has 2 aromatic rings. The number of aromatic nitrogens is 1. The van der Waals surface area contributed by atoms with Gasteiger partial charge in [-0.05, 0) is 18.2 Å². The summed E-state index contributed by atoms with van der Waals surface area (Å²) in [6, 6.07) is 5.67. The number of nitrogens with zero attached hydrogens (tertiary/aromatic N) is 1. The van der Waals surface area contributed by atoms with E-state index in [1.54, 1.807) is 6.20 Å². The van der Waals surface area contributed by atoms with E-state index in [0.29, 0.717) is 0 Å². The van der Waals surface area contributed by atoms with Crippen molar-refractivity contribution in [2.75, 3.05) is 0 Å². The van der Waals surface area contributed by atoms with Crippen LogP contribution in [0.25, 0.3) is 11.0 Å². The molecule has 0 unspecified atom stereocenters. The first-order valence-corrected chi connectivity index (χ1v) is 3.34. The Labute approximate surface area is 63.2 Å². The molecule has 2 rings (SSSR count). The Morgan fingerprint density at radius 1 is 1.40 bits per heavy atom.